The second-order valence-electron chi connectivity index (χ2n) is 3.55. The zero-order valence-electron chi connectivity index (χ0n) is 8.80. The van der Waals surface area contributed by atoms with E-state index in [4.69, 9.17) is 4.74 Å². The van der Waals surface area contributed by atoms with Gasteiger partial charge in [0.2, 0.25) is 0 Å². The minimum atomic E-state index is 0.391. The van der Waals surface area contributed by atoms with Crippen molar-refractivity contribution in [3.05, 3.63) is 0 Å². The minimum Gasteiger partial charge on any atom is -0.379 e. The summed E-state index contributed by atoms with van der Waals surface area (Å²) in [6.45, 7) is 9.59. The second-order valence-corrected chi connectivity index (χ2v) is 5.23. The summed E-state index contributed by atoms with van der Waals surface area (Å²) in [4.78, 5) is 0. The average Bonchev–Trinajstić information content (AvgIpc) is 1.95. The van der Waals surface area contributed by atoms with Gasteiger partial charge in [0.1, 0.15) is 0 Å². The molecular weight excluding hydrogens is 168 g/mol. The van der Waals surface area contributed by atoms with Crippen molar-refractivity contribution in [2.75, 3.05) is 12.4 Å². The number of ether oxygens (including phenoxy) is 1. The van der Waals surface area contributed by atoms with Crippen molar-refractivity contribution in [2.24, 2.45) is 0 Å². The van der Waals surface area contributed by atoms with Gasteiger partial charge in [-0.3, -0.25) is 0 Å². The SMILES string of the molecule is CC(C)OCCCCSC(C)C. The van der Waals surface area contributed by atoms with E-state index < -0.39 is 0 Å². The van der Waals surface area contributed by atoms with Crippen LogP contribution in [0.4, 0.5) is 0 Å². The number of rotatable bonds is 7. The molecule has 12 heavy (non-hydrogen) atoms. The minimum absolute atomic E-state index is 0.391. The molecule has 0 aromatic heterocycles. The normalized spacial score (nSPS) is 11.5. The Hall–Kier alpha value is 0.310. The molecule has 0 aromatic carbocycles. The van der Waals surface area contributed by atoms with Crippen LogP contribution in [0.25, 0.3) is 0 Å². The Balaban J connectivity index is 2.91. The van der Waals surface area contributed by atoms with E-state index in [1.54, 1.807) is 0 Å². The van der Waals surface area contributed by atoms with Gasteiger partial charge in [-0.2, -0.15) is 11.8 Å². The predicted molar refractivity (Wildman–Crippen MR) is 57.9 cm³/mol. The van der Waals surface area contributed by atoms with Crippen molar-refractivity contribution in [3.63, 3.8) is 0 Å². The van der Waals surface area contributed by atoms with Gasteiger partial charge < -0.3 is 4.74 Å². The first-order valence-electron chi connectivity index (χ1n) is 4.86. The van der Waals surface area contributed by atoms with Crippen molar-refractivity contribution in [1.82, 2.24) is 0 Å². The Kier molecular flexibility index (Phi) is 8.14. The van der Waals surface area contributed by atoms with Gasteiger partial charge in [-0.25, -0.2) is 0 Å². The smallest absolute Gasteiger partial charge is 0.0518 e. The molecule has 2 heteroatoms. The van der Waals surface area contributed by atoms with E-state index in [0.717, 1.165) is 11.9 Å². The molecule has 0 unspecified atom stereocenters. The molecule has 0 aliphatic carbocycles. The maximum atomic E-state index is 5.44. The largest absolute Gasteiger partial charge is 0.379 e. The van der Waals surface area contributed by atoms with Gasteiger partial charge in [0, 0.05) is 6.61 Å². The second kappa shape index (κ2) is 7.93. The third-order valence-corrected chi connectivity index (χ3v) is 2.63. The Morgan fingerprint density at radius 3 is 2.25 bits per heavy atom. The summed E-state index contributed by atoms with van der Waals surface area (Å²) >= 11 is 2.03. The summed E-state index contributed by atoms with van der Waals surface area (Å²) in [7, 11) is 0. The summed E-state index contributed by atoms with van der Waals surface area (Å²) in [5, 5.41) is 0.774. The zero-order chi connectivity index (χ0) is 9.40. The fraction of sp³-hybridized carbons (Fsp3) is 1.00. The fourth-order valence-electron chi connectivity index (χ4n) is 0.842. The highest BCUT2D eigenvalue weighted by atomic mass is 32.2. The van der Waals surface area contributed by atoms with Crippen molar-refractivity contribution < 1.29 is 4.74 Å². The maximum absolute atomic E-state index is 5.44. The highest BCUT2D eigenvalue weighted by Crippen LogP contribution is 2.11. The lowest BCUT2D eigenvalue weighted by atomic mass is 10.3. The standard InChI is InChI=1S/C10H22OS/c1-9(2)11-7-5-6-8-12-10(3)4/h9-10H,5-8H2,1-4H3. The zero-order valence-corrected chi connectivity index (χ0v) is 9.62. The van der Waals surface area contributed by atoms with Crippen LogP contribution in [0, 0.1) is 0 Å². The van der Waals surface area contributed by atoms with Gasteiger partial charge in [0.05, 0.1) is 6.10 Å². The fourth-order valence-corrected chi connectivity index (χ4v) is 1.68. The van der Waals surface area contributed by atoms with Gasteiger partial charge in [-0.05, 0) is 37.7 Å². The molecule has 74 valence electrons. The van der Waals surface area contributed by atoms with Crippen LogP contribution in [0.1, 0.15) is 40.5 Å². The van der Waals surface area contributed by atoms with Crippen LogP contribution in [0.2, 0.25) is 0 Å². The molecule has 0 spiro atoms. The molecular formula is C10H22OS. The van der Waals surface area contributed by atoms with E-state index in [1.165, 1.54) is 18.6 Å². The van der Waals surface area contributed by atoms with Crippen molar-refractivity contribution >= 4 is 11.8 Å². The number of thioether (sulfide) groups is 1. The van der Waals surface area contributed by atoms with Gasteiger partial charge in [-0.15, -0.1) is 0 Å². The molecule has 0 saturated heterocycles. The van der Waals surface area contributed by atoms with E-state index in [9.17, 15) is 0 Å². The summed E-state index contributed by atoms with van der Waals surface area (Å²) in [5.41, 5.74) is 0. The Morgan fingerprint density at radius 1 is 1.08 bits per heavy atom. The Bertz CT molecular complexity index is 79.8. The third kappa shape index (κ3) is 10.3. The Morgan fingerprint density at radius 2 is 1.75 bits per heavy atom. The highest BCUT2D eigenvalue weighted by molar-refractivity contribution is 7.99. The van der Waals surface area contributed by atoms with Crippen LogP contribution in [0.15, 0.2) is 0 Å². The highest BCUT2D eigenvalue weighted by Gasteiger charge is 1.95. The molecule has 0 rings (SSSR count). The summed E-state index contributed by atoms with van der Waals surface area (Å²) in [6, 6.07) is 0. The average molecular weight is 190 g/mol. The Labute approximate surface area is 81.3 Å². The first-order chi connectivity index (χ1) is 5.63. The van der Waals surface area contributed by atoms with Crippen LogP contribution in [0.5, 0.6) is 0 Å². The molecule has 0 aliphatic heterocycles. The molecule has 0 aromatic rings. The molecule has 0 atom stereocenters. The summed E-state index contributed by atoms with van der Waals surface area (Å²) < 4.78 is 5.44. The summed E-state index contributed by atoms with van der Waals surface area (Å²) in [6.07, 6.45) is 2.88. The first-order valence-corrected chi connectivity index (χ1v) is 5.91. The molecule has 0 saturated carbocycles. The molecule has 0 bridgehead atoms. The van der Waals surface area contributed by atoms with E-state index >= 15 is 0 Å². The van der Waals surface area contributed by atoms with Crippen molar-refractivity contribution in [3.8, 4) is 0 Å². The third-order valence-electron chi connectivity index (χ3n) is 1.44. The lowest BCUT2D eigenvalue weighted by Crippen LogP contribution is -2.04. The van der Waals surface area contributed by atoms with Crippen LogP contribution < -0.4 is 0 Å². The first kappa shape index (κ1) is 12.3. The van der Waals surface area contributed by atoms with E-state index in [-0.39, 0.29) is 0 Å². The predicted octanol–water partition coefficient (Wildman–Crippen LogP) is 3.33. The summed E-state index contributed by atoms with van der Waals surface area (Å²) in [5.74, 6) is 1.28. The van der Waals surface area contributed by atoms with Gasteiger partial charge in [0.15, 0.2) is 0 Å². The molecule has 0 aliphatic rings. The molecule has 0 N–H and O–H groups in total. The van der Waals surface area contributed by atoms with Crippen molar-refractivity contribution in [2.45, 2.75) is 51.9 Å². The van der Waals surface area contributed by atoms with E-state index in [0.29, 0.717) is 6.10 Å². The van der Waals surface area contributed by atoms with Crippen LogP contribution in [-0.2, 0) is 4.74 Å². The molecule has 0 radical (unpaired) electrons. The molecule has 1 nitrogen and oxygen atoms in total. The topological polar surface area (TPSA) is 9.23 Å². The number of unbranched alkanes of at least 4 members (excludes halogenated alkanes) is 1. The molecule has 0 fully saturated rings. The van der Waals surface area contributed by atoms with Gasteiger partial charge in [-0.1, -0.05) is 13.8 Å². The van der Waals surface area contributed by atoms with Crippen LogP contribution in [-0.4, -0.2) is 23.7 Å². The quantitative estimate of drug-likeness (QED) is 0.569. The maximum Gasteiger partial charge on any atom is 0.0518 e. The molecule has 0 heterocycles. The lowest BCUT2D eigenvalue weighted by molar-refractivity contribution is 0.0768. The number of hydrogen-bond acceptors (Lipinski definition) is 2. The monoisotopic (exact) mass is 190 g/mol. The van der Waals surface area contributed by atoms with Crippen LogP contribution in [0.3, 0.4) is 0 Å². The lowest BCUT2D eigenvalue weighted by Gasteiger charge is -2.07. The van der Waals surface area contributed by atoms with Gasteiger partial charge in [0.25, 0.3) is 0 Å². The van der Waals surface area contributed by atoms with E-state index in [1.807, 2.05) is 11.8 Å². The number of hydrogen-bond donors (Lipinski definition) is 0. The van der Waals surface area contributed by atoms with E-state index in [2.05, 4.69) is 27.7 Å². The van der Waals surface area contributed by atoms with Crippen molar-refractivity contribution in [1.29, 1.82) is 0 Å². The van der Waals surface area contributed by atoms with Gasteiger partial charge >= 0.3 is 0 Å². The van der Waals surface area contributed by atoms with Crippen LogP contribution >= 0.6 is 11.8 Å². The molecule has 0 amide bonds.